The SMILES string of the molecule is CCCCc1nc(C)c(CCC(=O)N(CC)CC)c(=O)n1Cc1ccc(-c2ccccc2-c2nnn[nH]2)cc1. The lowest BCUT2D eigenvalue weighted by Gasteiger charge is -2.19. The monoisotopic (exact) mass is 527 g/mol. The van der Waals surface area contributed by atoms with E-state index in [4.69, 9.17) is 4.98 Å². The molecule has 2 aromatic carbocycles. The van der Waals surface area contributed by atoms with Crippen molar-refractivity contribution in [3.63, 3.8) is 0 Å². The number of nitrogens with one attached hydrogen (secondary N) is 1. The molecular formula is C30H37N7O2. The molecule has 4 rings (SSSR count). The summed E-state index contributed by atoms with van der Waals surface area (Å²) in [5.74, 6) is 1.47. The highest BCUT2D eigenvalue weighted by atomic mass is 16.2. The Labute approximate surface area is 229 Å². The summed E-state index contributed by atoms with van der Waals surface area (Å²) in [7, 11) is 0. The Hall–Kier alpha value is -4.14. The van der Waals surface area contributed by atoms with Crippen molar-refractivity contribution >= 4 is 5.91 Å². The molecule has 39 heavy (non-hydrogen) atoms. The first-order valence-electron chi connectivity index (χ1n) is 13.8. The number of hydrogen-bond acceptors (Lipinski definition) is 6. The first-order chi connectivity index (χ1) is 19.0. The van der Waals surface area contributed by atoms with Gasteiger partial charge in [0.1, 0.15) is 5.82 Å². The molecule has 2 heterocycles. The summed E-state index contributed by atoms with van der Waals surface area (Å²) in [5.41, 5.74) is 5.27. The maximum absolute atomic E-state index is 13.7. The van der Waals surface area contributed by atoms with E-state index < -0.39 is 0 Å². The molecule has 1 amide bonds. The minimum absolute atomic E-state index is 0.0480. The van der Waals surface area contributed by atoms with E-state index in [0.717, 1.165) is 53.0 Å². The van der Waals surface area contributed by atoms with Gasteiger partial charge < -0.3 is 4.90 Å². The van der Waals surface area contributed by atoms with Crippen LogP contribution in [-0.4, -0.2) is 54.1 Å². The van der Waals surface area contributed by atoms with Gasteiger partial charge in [0, 0.05) is 42.8 Å². The van der Waals surface area contributed by atoms with Crippen LogP contribution in [0.15, 0.2) is 53.3 Å². The Bertz CT molecular complexity index is 1440. The Morgan fingerprint density at radius 3 is 2.33 bits per heavy atom. The number of tetrazole rings is 1. The second-order valence-corrected chi connectivity index (χ2v) is 9.65. The second-order valence-electron chi connectivity index (χ2n) is 9.65. The van der Waals surface area contributed by atoms with Crippen molar-refractivity contribution in [2.24, 2.45) is 0 Å². The van der Waals surface area contributed by atoms with Crippen LogP contribution in [0, 0.1) is 6.92 Å². The Morgan fingerprint density at radius 2 is 1.69 bits per heavy atom. The number of aryl methyl sites for hydroxylation is 2. The van der Waals surface area contributed by atoms with E-state index in [-0.39, 0.29) is 11.5 Å². The van der Waals surface area contributed by atoms with Crippen LogP contribution in [0.5, 0.6) is 0 Å². The molecule has 0 unspecified atom stereocenters. The molecule has 0 fully saturated rings. The van der Waals surface area contributed by atoms with Crippen LogP contribution in [0.25, 0.3) is 22.5 Å². The molecule has 0 aliphatic rings. The summed E-state index contributed by atoms with van der Waals surface area (Å²) in [6.07, 6.45) is 3.42. The maximum atomic E-state index is 13.7. The molecule has 9 heteroatoms. The topological polar surface area (TPSA) is 110 Å². The van der Waals surface area contributed by atoms with Crippen LogP contribution in [0.3, 0.4) is 0 Å². The Balaban J connectivity index is 1.62. The molecule has 0 aliphatic carbocycles. The van der Waals surface area contributed by atoms with Gasteiger partial charge in [0.05, 0.1) is 6.54 Å². The van der Waals surface area contributed by atoms with Crippen LogP contribution in [-0.2, 0) is 24.2 Å². The van der Waals surface area contributed by atoms with Crippen molar-refractivity contribution in [2.75, 3.05) is 13.1 Å². The van der Waals surface area contributed by atoms with E-state index in [1.807, 2.05) is 57.2 Å². The highest BCUT2D eigenvalue weighted by molar-refractivity contribution is 5.80. The van der Waals surface area contributed by atoms with Crippen molar-refractivity contribution < 1.29 is 4.79 Å². The Morgan fingerprint density at radius 1 is 0.974 bits per heavy atom. The molecule has 0 atom stereocenters. The largest absolute Gasteiger partial charge is 0.343 e. The number of benzene rings is 2. The van der Waals surface area contributed by atoms with Crippen molar-refractivity contribution in [1.82, 2.24) is 35.1 Å². The average molecular weight is 528 g/mol. The highest BCUT2D eigenvalue weighted by Gasteiger charge is 2.18. The van der Waals surface area contributed by atoms with Gasteiger partial charge in [-0.1, -0.05) is 61.9 Å². The third-order valence-corrected chi connectivity index (χ3v) is 7.14. The quantitative estimate of drug-likeness (QED) is 0.289. The number of hydrogen-bond donors (Lipinski definition) is 1. The fraction of sp³-hybridized carbons (Fsp3) is 0.400. The number of aromatic nitrogens is 6. The number of amides is 1. The smallest absolute Gasteiger partial charge is 0.257 e. The summed E-state index contributed by atoms with van der Waals surface area (Å²) in [4.78, 5) is 33.0. The molecule has 0 saturated carbocycles. The third-order valence-electron chi connectivity index (χ3n) is 7.14. The fourth-order valence-electron chi connectivity index (χ4n) is 4.89. The lowest BCUT2D eigenvalue weighted by molar-refractivity contribution is -0.130. The van der Waals surface area contributed by atoms with E-state index >= 15 is 0 Å². The van der Waals surface area contributed by atoms with Crippen LogP contribution in [0.1, 0.15) is 62.7 Å². The first-order valence-corrected chi connectivity index (χ1v) is 13.8. The molecule has 0 aliphatic heterocycles. The fourth-order valence-corrected chi connectivity index (χ4v) is 4.89. The van der Waals surface area contributed by atoms with E-state index in [2.05, 4.69) is 39.7 Å². The summed E-state index contributed by atoms with van der Waals surface area (Å²) in [6, 6.07) is 16.2. The summed E-state index contributed by atoms with van der Waals surface area (Å²) in [6.45, 7) is 9.72. The van der Waals surface area contributed by atoms with Gasteiger partial charge in [-0.2, -0.15) is 0 Å². The number of aromatic amines is 1. The molecule has 204 valence electrons. The predicted molar refractivity (Wildman–Crippen MR) is 152 cm³/mol. The number of unbranched alkanes of at least 4 members (excludes halogenated alkanes) is 1. The van der Waals surface area contributed by atoms with E-state index in [9.17, 15) is 9.59 Å². The lowest BCUT2D eigenvalue weighted by Crippen LogP contribution is -2.33. The highest BCUT2D eigenvalue weighted by Crippen LogP contribution is 2.29. The minimum Gasteiger partial charge on any atom is -0.343 e. The number of carbonyl (C=O) groups excluding carboxylic acids is 1. The Kier molecular flexibility index (Phi) is 9.35. The summed E-state index contributed by atoms with van der Waals surface area (Å²) >= 11 is 0. The molecule has 1 N–H and O–H groups in total. The lowest BCUT2D eigenvalue weighted by atomic mass is 9.98. The van der Waals surface area contributed by atoms with Gasteiger partial charge in [-0.15, -0.1) is 5.10 Å². The zero-order valence-electron chi connectivity index (χ0n) is 23.3. The number of nitrogens with zero attached hydrogens (tertiary/aromatic N) is 6. The maximum Gasteiger partial charge on any atom is 0.257 e. The second kappa shape index (κ2) is 13.1. The van der Waals surface area contributed by atoms with Crippen LogP contribution in [0.2, 0.25) is 0 Å². The molecule has 0 spiro atoms. The first kappa shape index (κ1) is 27.9. The van der Waals surface area contributed by atoms with E-state index in [1.165, 1.54) is 0 Å². The van der Waals surface area contributed by atoms with Gasteiger partial charge in [0.15, 0.2) is 5.82 Å². The molecule has 2 aromatic heterocycles. The third kappa shape index (κ3) is 6.47. The number of rotatable bonds is 12. The molecule has 0 bridgehead atoms. The van der Waals surface area contributed by atoms with Gasteiger partial charge in [0.25, 0.3) is 5.56 Å². The van der Waals surface area contributed by atoms with Crippen molar-refractivity contribution in [3.8, 4) is 22.5 Å². The summed E-state index contributed by atoms with van der Waals surface area (Å²) < 4.78 is 1.79. The van der Waals surface area contributed by atoms with Crippen LogP contribution >= 0.6 is 0 Å². The molecule has 0 saturated heterocycles. The van der Waals surface area contributed by atoms with E-state index in [0.29, 0.717) is 43.9 Å². The zero-order valence-corrected chi connectivity index (χ0v) is 23.3. The van der Waals surface area contributed by atoms with Crippen molar-refractivity contribution in [3.05, 3.63) is 81.5 Å². The van der Waals surface area contributed by atoms with Gasteiger partial charge in [-0.3, -0.25) is 14.2 Å². The number of H-pyrrole nitrogens is 1. The van der Waals surface area contributed by atoms with Gasteiger partial charge >= 0.3 is 0 Å². The predicted octanol–water partition coefficient (Wildman–Crippen LogP) is 4.59. The van der Waals surface area contributed by atoms with Gasteiger partial charge in [-0.05, 0) is 60.7 Å². The number of carbonyl (C=O) groups is 1. The minimum atomic E-state index is -0.0480. The summed E-state index contributed by atoms with van der Waals surface area (Å²) in [5, 5.41) is 14.3. The molecular weight excluding hydrogens is 490 g/mol. The van der Waals surface area contributed by atoms with Gasteiger partial charge in [-0.25, -0.2) is 10.1 Å². The molecule has 4 aromatic rings. The zero-order chi connectivity index (χ0) is 27.8. The van der Waals surface area contributed by atoms with Crippen molar-refractivity contribution in [1.29, 1.82) is 0 Å². The molecule has 0 radical (unpaired) electrons. The van der Waals surface area contributed by atoms with Crippen LogP contribution < -0.4 is 5.56 Å². The van der Waals surface area contributed by atoms with Gasteiger partial charge in [0.2, 0.25) is 5.91 Å². The molecule has 9 nitrogen and oxygen atoms in total. The normalized spacial score (nSPS) is 11.1. The van der Waals surface area contributed by atoms with Crippen molar-refractivity contribution in [2.45, 2.75) is 66.3 Å². The van der Waals surface area contributed by atoms with E-state index in [1.54, 1.807) is 9.47 Å². The average Bonchev–Trinajstić information content (AvgIpc) is 3.49. The van der Waals surface area contributed by atoms with Crippen LogP contribution in [0.4, 0.5) is 0 Å². The standard InChI is InChI=1S/C30H37N7O2/c1-5-8-13-27-31-21(4)24(18-19-28(38)36(6-2)7-3)30(39)37(27)20-22-14-16-23(17-15-22)25-11-9-10-12-26(25)29-32-34-35-33-29/h9-12,14-17H,5-8,13,18-20H2,1-4H3,(H,32,33,34,35).